The zero-order valence-corrected chi connectivity index (χ0v) is 26.1. The molecular weight excluding hydrogens is 582 g/mol. The minimum atomic E-state index is -5.19. The van der Waals surface area contributed by atoms with Crippen LogP contribution in [0, 0.1) is 0 Å². The van der Waals surface area contributed by atoms with Gasteiger partial charge >= 0.3 is 59.1 Å². The molecule has 15 nitrogen and oxygen atoms in total. The number of benzene rings is 2. The maximum Gasteiger partial charge on any atom is 1.00 e. The molecule has 0 aliphatic carbocycles. The SMILES string of the molecule is COc1ccc([C@@H]2CC(=O)c3c(O)cc(OS(=O)(=O)[O-])cc3O2)cc1O[C@@H]1O[C@H](C(=O)[O-])[C@@H](O)[C@H](O)[C@H]1O.[Na+].[Na+]. The van der Waals surface area contributed by atoms with Gasteiger partial charge in [0.1, 0.15) is 53.3 Å². The van der Waals surface area contributed by atoms with E-state index in [1.807, 2.05) is 0 Å². The molecule has 0 bridgehead atoms. The summed E-state index contributed by atoms with van der Waals surface area (Å²) < 4.78 is 58.5. The summed E-state index contributed by atoms with van der Waals surface area (Å²) in [5.74, 6) is -4.07. The normalized spacial score (nSPS) is 25.8. The minimum absolute atomic E-state index is 0. The number of phenolic OH excluding ortho intramolecular Hbond substituents is 1. The van der Waals surface area contributed by atoms with Crippen LogP contribution in [0.3, 0.4) is 0 Å². The first-order chi connectivity index (χ1) is 17.8. The standard InChI is InChI=1S/C22H22O15S.2Na/c1-33-12-3-2-8(4-14(12)35-22-19(27)17(25)18(26)20(36-22)21(28)29)13-7-11(24)16-10(23)5-9(6-15(16)34-13)37-38(30,31)32;;/h2-6,13,17-20,22-23,25-27H,7H2,1H3,(H,28,29)(H,30,31,32);;/q;2*+1/p-2/t13-,17-,18-,19+,20-,22+;;/m0../s1. The number of carbonyl (C=O) groups excluding carboxylic acids is 2. The molecule has 4 N–H and O–H groups in total. The summed E-state index contributed by atoms with van der Waals surface area (Å²) in [5.41, 5.74) is 0.00543. The van der Waals surface area contributed by atoms with E-state index in [-0.39, 0.29) is 93.9 Å². The fourth-order valence-corrected chi connectivity index (χ4v) is 4.35. The van der Waals surface area contributed by atoms with Crippen LogP contribution in [0.2, 0.25) is 0 Å². The molecule has 6 atom stereocenters. The Morgan fingerprint density at radius 2 is 1.73 bits per heavy atom. The Kier molecular flexibility index (Phi) is 11.7. The maximum absolute atomic E-state index is 12.7. The van der Waals surface area contributed by atoms with Crippen molar-refractivity contribution in [3.05, 3.63) is 41.5 Å². The number of hydrogen-bond acceptors (Lipinski definition) is 15. The van der Waals surface area contributed by atoms with Crippen molar-refractivity contribution in [2.75, 3.05) is 7.11 Å². The molecule has 1 fully saturated rings. The van der Waals surface area contributed by atoms with Crippen molar-refractivity contribution in [2.45, 2.75) is 43.2 Å². The Labute approximate surface area is 271 Å². The van der Waals surface area contributed by atoms with Gasteiger partial charge in [-0.05, 0) is 17.7 Å². The number of aliphatic carboxylic acids is 1. The van der Waals surface area contributed by atoms with Crippen molar-refractivity contribution >= 4 is 22.2 Å². The first-order valence-electron chi connectivity index (χ1n) is 10.8. The predicted molar refractivity (Wildman–Crippen MR) is 116 cm³/mol. The zero-order valence-electron chi connectivity index (χ0n) is 21.2. The summed E-state index contributed by atoms with van der Waals surface area (Å²) in [4.78, 5) is 24.0. The van der Waals surface area contributed by atoms with Crippen molar-refractivity contribution in [2.24, 2.45) is 0 Å². The molecule has 0 unspecified atom stereocenters. The number of phenols is 1. The predicted octanol–water partition coefficient (Wildman–Crippen LogP) is -8.11. The first kappa shape index (κ1) is 34.5. The van der Waals surface area contributed by atoms with Crippen LogP contribution >= 0.6 is 0 Å². The van der Waals surface area contributed by atoms with Crippen molar-refractivity contribution in [3.8, 4) is 28.7 Å². The zero-order chi connectivity index (χ0) is 27.9. The number of aliphatic hydroxyl groups is 3. The van der Waals surface area contributed by atoms with Crippen LogP contribution in [-0.4, -0.2) is 83.0 Å². The molecule has 18 heteroatoms. The minimum Gasteiger partial charge on any atom is -0.716 e. The molecule has 206 valence electrons. The Morgan fingerprint density at radius 1 is 1.05 bits per heavy atom. The van der Waals surface area contributed by atoms with E-state index in [4.69, 9.17) is 18.9 Å². The summed E-state index contributed by atoms with van der Waals surface area (Å²) >= 11 is 0. The third kappa shape index (κ3) is 7.39. The molecule has 0 radical (unpaired) electrons. The van der Waals surface area contributed by atoms with E-state index in [1.165, 1.54) is 25.3 Å². The smallest absolute Gasteiger partial charge is 0.716 e. The number of fused-ring (bicyclic) bond motifs is 1. The monoisotopic (exact) mass is 602 g/mol. The molecule has 0 aromatic heterocycles. The largest absolute Gasteiger partial charge is 1.00 e. The Morgan fingerprint density at radius 3 is 2.33 bits per heavy atom. The van der Waals surface area contributed by atoms with Gasteiger partial charge in [0.25, 0.3) is 10.4 Å². The van der Waals surface area contributed by atoms with Gasteiger partial charge in [-0.3, -0.25) is 4.79 Å². The van der Waals surface area contributed by atoms with Gasteiger partial charge in [0.15, 0.2) is 17.3 Å². The molecule has 2 aromatic carbocycles. The molecule has 2 aromatic rings. The number of aliphatic hydroxyl groups excluding tert-OH is 3. The summed E-state index contributed by atoms with van der Waals surface area (Å²) in [5, 5.41) is 51.5. The molecule has 2 heterocycles. The number of carboxylic acid groups (broad SMARTS) is 1. The van der Waals surface area contributed by atoms with Gasteiger partial charge in [-0.1, -0.05) is 6.07 Å². The fraction of sp³-hybridized carbons (Fsp3) is 0.364. The molecule has 2 aliphatic rings. The number of carbonyl (C=O) groups is 2. The van der Waals surface area contributed by atoms with Crippen molar-refractivity contribution < 1.29 is 130 Å². The van der Waals surface area contributed by atoms with Gasteiger partial charge in [-0.2, -0.15) is 0 Å². The van der Waals surface area contributed by atoms with Crippen molar-refractivity contribution in [1.82, 2.24) is 0 Å². The number of rotatable bonds is 7. The average molecular weight is 602 g/mol. The topological polar surface area (TPSA) is 241 Å². The number of Topliss-reactive ketones (excluding diaryl/α,β-unsaturated/α-hetero) is 1. The first-order valence-corrected chi connectivity index (χ1v) is 12.1. The quantitative estimate of drug-likeness (QED) is 0.131. The summed E-state index contributed by atoms with van der Waals surface area (Å²) in [6.45, 7) is 0. The van der Waals surface area contributed by atoms with Gasteiger partial charge in [-0.25, -0.2) is 8.42 Å². The molecular formula is C22H20Na2O15S. The summed E-state index contributed by atoms with van der Waals surface area (Å²) in [6.07, 6.45) is -11.0. The Bertz CT molecular complexity index is 1370. The van der Waals surface area contributed by atoms with E-state index < -0.39 is 70.5 Å². The number of methoxy groups -OCH3 is 1. The maximum atomic E-state index is 12.7. The number of aromatic hydroxyl groups is 1. The van der Waals surface area contributed by atoms with Crippen LogP contribution in [0.25, 0.3) is 0 Å². The van der Waals surface area contributed by atoms with Crippen LogP contribution in [0.15, 0.2) is 30.3 Å². The van der Waals surface area contributed by atoms with Crippen LogP contribution in [0.4, 0.5) is 0 Å². The third-order valence-electron chi connectivity index (χ3n) is 5.78. The number of ketones is 1. The van der Waals surface area contributed by atoms with E-state index in [9.17, 15) is 48.1 Å². The molecule has 0 spiro atoms. The van der Waals surface area contributed by atoms with E-state index in [0.717, 1.165) is 12.1 Å². The van der Waals surface area contributed by atoms with E-state index in [2.05, 4.69) is 4.18 Å². The van der Waals surface area contributed by atoms with E-state index in [0.29, 0.717) is 0 Å². The van der Waals surface area contributed by atoms with Crippen molar-refractivity contribution in [1.29, 1.82) is 0 Å². The number of ether oxygens (including phenoxy) is 4. The van der Waals surface area contributed by atoms with E-state index >= 15 is 0 Å². The fourth-order valence-electron chi connectivity index (χ4n) is 4.02. The Balaban J connectivity index is 0.00000280. The number of carboxylic acids is 1. The van der Waals surface area contributed by atoms with Crippen LogP contribution < -0.4 is 82.6 Å². The molecule has 2 aliphatic heterocycles. The van der Waals surface area contributed by atoms with Crippen LogP contribution in [-0.2, 0) is 19.9 Å². The third-order valence-corrected chi connectivity index (χ3v) is 6.17. The molecule has 0 amide bonds. The van der Waals surface area contributed by atoms with Crippen LogP contribution in [0.1, 0.15) is 28.4 Å². The second-order valence-corrected chi connectivity index (χ2v) is 9.27. The number of hydrogen-bond donors (Lipinski definition) is 4. The second kappa shape index (κ2) is 13.5. The van der Waals surface area contributed by atoms with Crippen LogP contribution in [0.5, 0.6) is 28.7 Å². The van der Waals surface area contributed by atoms with Gasteiger partial charge in [0.2, 0.25) is 6.29 Å². The average Bonchev–Trinajstić information content (AvgIpc) is 2.82. The molecule has 1 saturated heterocycles. The molecule has 0 saturated carbocycles. The van der Waals surface area contributed by atoms with Crippen molar-refractivity contribution in [3.63, 3.8) is 0 Å². The van der Waals surface area contributed by atoms with E-state index in [1.54, 1.807) is 0 Å². The summed E-state index contributed by atoms with van der Waals surface area (Å²) in [6, 6.07) is 5.86. The Hall–Kier alpha value is -1.67. The summed E-state index contributed by atoms with van der Waals surface area (Å²) in [7, 11) is -3.92. The second-order valence-electron chi connectivity index (χ2n) is 8.28. The van der Waals surface area contributed by atoms with Gasteiger partial charge in [0, 0.05) is 12.1 Å². The molecule has 4 rings (SSSR count). The van der Waals surface area contributed by atoms with Gasteiger partial charge in [-0.15, -0.1) is 0 Å². The van der Waals surface area contributed by atoms with Gasteiger partial charge in [0.05, 0.1) is 19.5 Å². The van der Waals surface area contributed by atoms with Gasteiger partial charge < -0.3 is 58.0 Å². The molecule has 40 heavy (non-hydrogen) atoms.